The molecule has 0 aromatic heterocycles. The lowest BCUT2D eigenvalue weighted by Crippen LogP contribution is -2.13. The largest absolute Gasteiger partial charge is 0.490 e. The molecule has 0 fully saturated rings. The summed E-state index contributed by atoms with van der Waals surface area (Å²) in [5, 5.41) is 12.5. The number of halogens is 1. The summed E-state index contributed by atoms with van der Waals surface area (Å²) >= 11 is 5.89. The zero-order valence-electron chi connectivity index (χ0n) is 13.0. The molecule has 1 N–H and O–H groups in total. The van der Waals surface area contributed by atoms with E-state index in [1.807, 2.05) is 31.2 Å². The Labute approximate surface area is 145 Å². The first-order chi connectivity index (χ1) is 11.5. The summed E-state index contributed by atoms with van der Waals surface area (Å²) in [4.78, 5) is 12.3. The van der Waals surface area contributed by atoms with E-state index in [1.54, 1.807) is 30.3 Å². The van der Waals surface area contributed by atoms with Crippen molar-refractivity contribution in [2.24, 2.45) is 0 Å². The van der Waals surface area contributed by atoms with Gasteiger partial charge in [-0.15, -0.1) is 0 Å². The van der Waals surface area contributed by atoms with Gasteiger partial charge in [0.05, 0.1) is 0 Å². The molecule has 0 aliphatic carbocycles. The standard InChI is InChI=1S/C19H15ClN2O2/c1-12-7-14-8-13(5-6-18(14)24-12)9-15(11-21)19(23)22-17-4-2-3-16(20)10-17/h2-6,8-10,12H,7H2,1H3,(H,22,23)/b15-9+. The highest BCUT2D eigenvalue weighted by atomic mass is 35.5. The van der Waals surface area contributed by atoms with Gasteiger partial charge in [0, 0.05) is 17.1 Å². The maximum absolute atomic E-state index is 12.3. The summed E-state index contributed by atoms with van der Waals surface area (Å²) in [6, 6.07) is 14.4. The number of benzene rings is 2. The number of ether oxygens (including phenoxy) is 1. The number of fused-ring (bicyclic) bond motifs is 1. The van der Waals surface area contributed by atoms with Gasteiger partial charge in [-0.05, 0) is 54.5 Å². The lowest BCUT2D eigenvalue weighted by molar-refractivity contribution is -0.112. The molecule has 1 aliphatic rings. The summed E-state index contributed by atoms with van der Waals surface area (Å²) in [7, 11) is 0. The maximum Gasteiger partial charge on any atom is 0.266 e. The van der Waals surface area contributed by atoms with Crippen LogP contribution >= 0.6 is 11.6 Å². The second-order valence-corrected chi connectivity index (χ2v) is 6.07. The third-order valence-corrected chi connectivity index (χ3v) is 3.91. The van der Waals surface area contributed by atoms with Crippen LogP contribution in [-0.4, -0.2) is 12.0 Å². The van der Waals surface area contributed by atoms with E-state index in [0.29, 0.717) is 10.7 Å². The van der Waals surface area contributed by atoms with Crippen molar-refractivity contribution in [3.63, 3.8) is 0 Å². The van der Waals surface area contributed by atoms with Gasteiger partial charge in [-0.25, -0.2) is 0 Å². The zero-order valence-corrected chi connectivity index (χ0v) is 13.8. The van der Waals surface area contributed by atoms with Gasteiger partial charge in [-0.2, -0.15) is 5.26 Å². The lowest BCUT2D eigenvalue weighted by Gasteiger charge is -2.05. The van der Waals surface area contributed by atoms with Crippen molar-refractivity contribution in [3.05, 3.63) is 64.2 Å². The summed E-state index contributed by atoms with van der Waals surface area (Å²) in [5.41, 5.74) is 2.46. The fraction of sp³-hybridized carbons (Fsp3) is 0.158. The number of hydrogen-bond donors (Lipinski definition) is 1. The molecule has 24 heavy (non-hydrogen) atoms. The molecule has 0 saturated heterocycles. The highest BCUT2D eigenvalue weighted by Crippen LogP contribution is 2.30. The minimum atomic E-state index is -0.468. The molecule has 0 spiro atoms. The summed E-state index contributed by atoms with van der Waals surface area (Å²) in [6.07, 6.45) is 2.55. The molecule has 1 aliphatic heterocycles. The first-order valence-electron chi connectivity index (χ1n) is 7.53. The lowest BCUT2D eigenvalue weighted by atomic mass is 10.0. The molecule has 120 valence electrons. The Morgan fingerprint density at radius 1 is 1.38 bits per heavy atom. The molecule has 1 amide bonds. The predicted molar refractivity (Wildman–Crippen MR) is 93.9 cm³/mol. The van der Waals surface area contributed by atoms with Crippen molar-refractivity contribution < 1.29 is 9.53 Å². The van der Waals surface area contributed by atoms with Crippen LogP contribution in [0.25, 0.3) is 6.08 Å². The number of anilines is 1. The van der Waals surface area contributed by atoms with Gasteiger partial charge in [0.2, 0.25) is 0 Å². The fourth-order valence-electron chi connectivity index (χ4n) is 2.61. The Morgan fingerprint density at radius 3 is 2.96 bits per heavy atom. The first-order valence-corrected chi connectivity index (χ1v) is 7.91. The van der Waals surface area contributed by atoms with Crippen molar-refractivity contribution >= 4 is 29.3 Å². The molecule has 1 unspecified atom stereocenters. The normalized spacial score (nSPS) is 16.0. The molecule has 5 heteroatoms. The third kappa shape index (κ3) is 3.58. The molecular weight excluding hydrogens is 324 g/mol. The summed E-state index contributed by atoms with van der Waals surface area (Å²) < 4.78 is 5.65. The molecule has 0 saturated carbocycles. The van der Waals surface area contributed by atoms with Crippen molar-refractivity contribution in [3.8, 4) is 11.8 Å². The molecule has 3 rings (SSSR count). The van der Waals surface area contributed by atoms with Crippen molar-refractivity contribution in [1.29, 1.82) is 5.26 Å². The van der Waals surface area contributed by atoms with Crippen LogP contribution in [0.2, 0.25) is 5.02 Å². The number of carbonyl (C=O) groups excluding carboxylic acids is 1. The second-order valence-electron chi connectivity index (χ2n) is 5.63. The fourth-order valence-corrected chi connectivity index (χ4v) is 2.80. The van der Waals surface area contributed by atoms with Gasteiger partial charge < -0.3 is 10.1 Å². The average Bonchev–Trinajstić information content (AvgIpc) is 2.91. The number of nitrogens with one attached hydrogen (secondary N) is 1. The SMILES string of the molecule is CC1Cc2cc(/C=C(\C#N)C(=O)Nc3cccc(Cl)c3)ccc2O1. The summed E-state index contributed by atoms with van der Waals surface area (Å²) in [5.74, 6) is 0.395. The minimum Gasteiger partial charge on any atom is -0.490 e. The van der Waals surface area contributed by atoms with E-state index < -0.39 is 5.91 Å². The first kappa shape index (κ1) is 16.1. The Bertz CT molecular complexity index is 868. The molecule has 0 bridgehead atoms. The molecule has 2 aromatic carbocycles. The van der Waals surface area contributed by atoms with E-state index in [2.05, 4.69) is 5.32 Å². The Morgan fingerprint density at radius 2 is 2.21 bits per heavy atom. The van der Waals surface area contributed by atoms with Gasteiger partial charge in [-0.1, -0.05) is 23.7 Å². The van der Waals surface area contributed by atoms with E-state index >= 15 is 0 Å². The van der Waals surface area contributed by atoms with Gasteiger partial charge >= 0.3 is 0 Å². The Kier molecular flexibility index (Phi) is 4.54. The van der Waals surface area contributed by atoms with E-state index in [9.17, 15) is 10.1 Å². The Hall–Kier alpha value is -2.77. The summed E-state index contributed by atoms with van der Waals surface area (Å²) in [6.45, 7) is 2.01. The number of nitriles is 1. The minimum absolute atomic E-state index is 0.0295. The number of amides is 1. The number of rotatable bonds is 3. The van der Waals surface area contributed by atoms with Gasteiger partial charge in [0.25, 0.3) is 5.91 Å². The predicted octanol–water partition coefficient (Wildman–Crippen LogP) is 4.21. The maximum atomic E-state index is 12.3. The van der Waals surface area contributed by atoms with Crippen LogP contribution < -0.4 is 10.1 Å². The molecular formula is C19H15ClN2O2. The van der Waals surface area contributed by atoms with Crippen LogP contribution in [0.1, 0.15) is 18.1 Å². The van der Waals surface area contributed by atoms with Crippen LogP contribution in [-0.2, 0) is 11.2 Å². The van der Waals surface area contributed by atoms with Crippen LogP contribution in [0.15, 0.2) is 48.0 Å². The second kappa shape index (κ2) is 6.77. The van der Waals surface area contributed by atoms with Crippen molar-refractivity contribution in [2.75, 3.05) is 5.32 Å². The van der Waals surface area contributed by atoms with Crippen LogP contribution in [0.3, 0.4) is 0 Å². The molecule has 4 nitrogen and oxygen atoms in total. The number of nitrogens with zero attached hydrogens (tertiary/aromatic N) is 1. The zero-order chi connectivity index (χ0) is 17.1. The topological polar surface area (TPSA) is 62.1 Å². The molecule has 1 heterocycles. The molecule has 2 aromatic rings. The quantitative estimate of drug-likeness (QED) is 0.673. The molecule has 0 radical (unpaired) electrons. The molecule has 1 atom stereocenters. The third-order valence-electron chi connectivity index (χ3n) is 3.68. The van der Waals surface area contributed by atoms with E-state index in [0.717, 1.165) is 23.3 Å². The van der Waals surface area contributed by atoms with Crippen molar-refractivity contribution in [2.45, 2.75) is 19.4 Å². The van der Waals surface area contributed by atoms with Crippen LogP contribution in [0.4, 0.5) is 5.69 Å². The van der Waals surface area contributed by atoms with Gasteiger partial charge in [-0.3, -0.25) is 4.79 Å². The highest BCUT2D eigenvalue weighted by molar-refractivity contribution is 6.31. The van der Waals surface area contributed by atoms with Crippen molar-refractivity contribution in [1.82, 2.24) is 0 Å². The average molecular weight is 339 g/mol. The monoisotopic (exact) mass is 338 g/mol. The smallest absolute Gasteiger partial charge is 0.266 e. The van der Waals surface area contributed by atoms with Gasteiger partial charge in [0.15, 0.2) is 0 Å². The Balaban J connectivity index is 1.81. The van der Waals surface area contributed by atoms with E-state index in [1.165, 1.54) is 0 Å². The van der Waals surface area contributed by atoms with Crippen LogP contribution in [0, 0.1) is 11.3 Å². The number of hydrogen-bond acceptors (Lipinski definition) is 3. The number of carbonyl (C=O) groups is 1. The highest BCUT2D eigenvalue weighted by Gasteiger charge is 2.19. The van der Waals surface area contributed by atoms with Gasteiger partial charge in [0.1, 0.15) is 23.5 Å². The van der Waals surface area contributed by atoms with E-state index in [4.69, 9.17) is 16.3 Å². The van der Waals surface area contributed by atoms with Crippen LogP contribution in [0.5, 0.6) is 5.75 Å². The van der Waals surface area contributed by atoms with E-state index in [-0.39, 0.29) is 11.7 Å².